The lowest BCUT2D eigenvalue weighted by Gasteiger charge is -2.00. The molecule has 0 bridgehead atoms. The van der Waals surface area contributed by atoms with Gasteiger partial charge in [-0.15, -0.1) is 0 Å². The van der Waals surface area contributed by atoms with Crippen LogP contribution in [0.15, 0.2) is 0 Å². The Morgan fingerprint density at radius 3 is 2.69 bits per heavy atom. The first-order chi connectivity index (χ1) is 6.20. The van der Waals surface area contributed by atoms with Crippen molar-refractivity contribution in [2.75, 3.05) is 7.05 Å². The van der Waals surface area contributed by atoms with E-state index in [1.807, 2.05) is 18.8 Å². The van der Waals surface area contributed by atoms with Crippen molar-refractivity contribution in [1.29, 1.82) is 0 Å². The standard InChI is InChI=1S/C10H19N3/c1-5-6-9-8(2)13(4)12-10(9)7-11-3/h11H,5-7H2,1-4H3. The van der Waals surface area contributed by atoms with Crippen LogP contribution in [0.2, 0.25) is 0 Å². The molecule has 1 heterocycles. The third kappa shape index (κ3) is 2.10. The van der Waals surface area contributed by atoms with Crippen LogP contribution in [-0.2, 0) is 20.0 Å². The van der Waals surface area contributed by atoms with Crippen LogP contribution in [-0.4, -0.2) is 16.8 Å². The Morgan fingerprint density at radius 2 is 2.15 bits per heavy atom. The van der Waals surface area contributed by atoms with Gasteiger partial charge in [-0.1, -0.05) is 13.3 Å². The SMILES string of the molecule is CCCc1c(CNC)nn(C)c1C. The van der Waals surface area contributed by atoms with Gasteiger partial charge in [0.2, 0.25) is 0 Å². The smallest absolute Gasteiger partial charge is 0.0796 e. The Bertz CT molecular complexity index is 276. The second kappa shape index (κ2) is 4.42. The molecule has 0 fully saturated rings. The number of hydrogen-bond donors (Lipinski definition) is 1. The summed E-state index contributed by atoms with van der Waals surface area (Å²) in [6.07, 6.45) is 2.32. The summed E-state index contributed by atoms with van der Waals surface area (Å²) in [6, 6.07) is 0. The molecule has 0 saturated heterocycles. The van der Waals surface area contributed by atoms with Gasteiger partial charge in [0, 0.05) is 19.3 Å². The molecule has 0 amide bonds. The zero-order valence-corrected chi connectivity index (χ0v) is 9.02. The van der Waals surface area contributed by atoms with Gasteiger partial charge in [0.15, 0.2) is 0 Å². The van der Waals surface area contributed by atoms with Crippen molar-refractivity contribution in [3.8, 4) is 0 Å². The monoisotopic (exact) mass is 181 g/mol. The van der Waals surface area contributed by atoms with Crippen LogP contribution >= 0.6 is 0 Å². The maximum Gasteiger partial charge on any atom is 0.0796 e. The van der Waals surface area contributed by atoms with Crippen LogP contribution in [0.3, 0.4) is 0 Å². The van der Waals surface area contributed by atoms with Gasteiger partial charge in [-0.2, -0.15) is 5.10 Å². The van der Waals surface area contributed by atoms with E-state index in [2.05, 4.69) is 24.3 Å². The molecule has 3 nitrogen and oxygen atoms in total. The summed E-state index contributed by atoms with van der Waals surface area (Å²) in [6.45, 7) is 5.21. The fourth-order valence-electron chi connectivity index (χ4n) is 1.61. The van der Waals surface area contributed by atoms with E-state index in [-0.39, 0.29) is 0 Å². The maximum atomic E-state index is 4.47. The highest BCUT2D eigenvalue weighted by atomic mass is 15.3. The first-order valence-electron chi connectivity index (χ1n) is 4.86. The van der Waals surface area contributed by atoms with Crippen molar-refractivity contribution in [1.82, 2.24) is 15.1 Å². The number of aryl methyl sites for hydroxylation is 1. The lowest BCUT2D eigenvalue weighted by Crippen LogP contribution is -2.08. The normalized spacial score (nSPS) is 10.8. The molecule has 0 spiro atoms. The third-order valence-electron chi connectivity index (χ3n) is 2.39. The van der Waals surface area contributed by atoms with Gasteiger partial charge in [0.1, 0.15) is 0 Å². The van der Waals surface area contributed by atoms with Crippen LogP contribution in [0.5, 0.6) is 0 Å². The number of hydrogen-bond acceptors (Lipinski definition) is 2. The first kappa shape index (κ1) is 10.3. The quantitative estimate of drug-likeness (QED) is 0.761. The lowest BCUT2D eigenvalue weighted by atomic mass is 10.1. The van der Waals surface area contributed by atoms with E-state index in [1.165, 1.54) is 23.4 Å². The predicted molar refractivity (Wildman–Crippen MR) is 54.7 cm³/mol. The van der Waals surface area contributed by atoms with Crippen LogP contribution in [0.25, 0.3) is 0 Å². The number of aromatic nitrogens is 2. The van der Waals surface area contributed by atoms with Crippen LogP contribution in [0.4, 0.5) is 0 Å². The summed E-state index contributed by atoms with van der Waals surface area (Å²) in [5.41, 5.74) is 3.91. The third-order valence-corrected chi connectivity index (χ3v) is 2.39. The molecule has 0 aliphatic carbocycles. The average molecular weight is 181 g/mol. The van der Waals surface area contributed by atoms with E-state index in [4.69, 9.17) is 0 Å². The van der Waals surface area contributed by atoms with Crippen LogP contribution in [0, 0.1) is 6.92 Å². The fourth-order valence-corrected chi connectivity index (χ4v) is 1.61. The second-order valence-corrected chi connectivity index (χ2v) is 3.41. The summed E-state index contributed by atoms with van der Waals surface area (Å²) in [5.74, 6) is 0. The predicted octanol–water partition coefficient (Wildman–Crippen LogP) is 1.40. The Kier molecular flexibility index (Phi) is 3.48. The molecule has 1 aromatic rings. The zero-order chi connectivity index (χ0) is 9.84. The van der Waals surface area contributed by atoms with E-state index < -0.39 is 0 Å². The minimum absolute atomic E-state index is 0.872. The largest absolute Gasteiger partial charge is 0.314 e. The molecule has 1 aromatic heterocycles. The second-order valence-electron chi connectivity index (χ2n) is 3.41. The molecule has 0 aliphatic heterocycles. The Balaban J connectivity index is 2.96. The van der Waals surface area contributed by atoms with Gasteiger partial charge >= 0.3 is 0 Å². The number of rotatable bonds is 4. The molecule has 0 aliphatic rings. The average Bonchev–Trinajstić information content (AvgIpc) is 2.34. The molecule has 0 aromatic carbocycles. The van der Waals surface area contributed by atoms with E-state index >= 15 is 0 Å². The summed E-state index contributed by atoms with van der Waals surface area (Å²) < 4.78 is 1.97. The molecule has 0 radical (unpaired) electrons. The summed E-state index contributed by atoms with van der Waals surface area (Å²) >= 11 is 0. The van der Waals surface area contributed by atoms with E-state index in [9.17, 15) is 0 Å². The molecule has 13 heavy (non-hydrogen) atoms. The number of nitrogens with one attached hydrogen (secondary N) is 1. The fraction of sp³-hybridized carbons (Fsp3) is 0.700. The van der Waals surface area contributed by atoms with Gasteiger partial charge in [0.25, 0.3) is 0 Å². The molecule has 1 N–H and O–H groups in total. The Labute approximate surface area is 80.1 Å². The van der Waals surface area contributed by atoms with Crippen molar-refractivity contribution in [3.63, 3.8) is 0 Å². The molecule has 74 valence electrons. The van der Waals surface area contributed by atoms with Gasteiger partial charge in [-0.3, -0.25) is 4.68 Å². The Hall–Kier alpha value is -0.830. The molecule has 1 rings (SSSR count). The molecular weight excluding hydrogens is 162 g/mol. The van der Waals surface area contributed by atoms with Crippen molar-refractivity contribution in [2.24, 2.45) is 7.05 Å². The van der Waals surface area contributed by atoms with Gasteiger partial charge in [-0.25, -0.2) is 0 Å². The number of nitrogens with zero attached hydrogens (tertiary/aromatic N) is 2. The highest BCUT2D eigenvalue weighted by Gasteiger charge is 2.10. The maximum absolute atomic E-state index is 4.47. The van der Waals surface area contributed by atoms with Crippen LogP contribution < -0.4 is 5.32 Å². The highest BCUT2D eigenvalue weighted by Crippen LogP contribution is 2.14. The summed E-state index contributed by atoms with van der Waals surface area (Å²) in [7, 11) is 3.97. The Morgan fingerprint density at radius 1 is 1.46 bits per heavy atom. The van der Waals surface area contributed by atoms with Gasteiger partial charge in [-0.05, 0) is 26.0 Å². The topological polar surface area (TPSA) is 29.9 Å². The van der Waals surface area contributed by atoms with Crippen molar-refractivity contribution in [2.45, 2.75) is 33.2 Å². The van der Waals surface area contributed by atoms with E-state index in [0.717, 1.165) is 13.0 Å². The highest BCUT2D eigenvalue weighted by molar-refractivity contribution is 5.25. The summed E-state index contributed by atoms with van der Waals surface area (Å²) in [5, 5.41) is 7.62. The van der Waals surface area contributed by atoms with E-state index in [0.29, 0.717) is 0 Å². The van der Waals surface area contributed by atoms with Crippen LogP contribution in [0.1, 0.15) is 30.3 Å². The van der Waals surface area contributed by atoms with Crippen molar-refractivity contribution in [3.05, 3.63) is 17.0 Å². The lowest BCUT2D eigenvalue weighted by molar-refractivity contribution is 0.698. The minimum Gasteiger partial charge on any atom is -0.314 e. The van der Waals surface area contributed by atoms with Gasteiger partial charge in [0.05, 0.1) is 5.69 Å². The molecular formula is C10H19N3. The summed E-state index contributed by atoms with van der Waals surface area (Å²) in [4.78, 5) is 0. The minimum atomic E-state index is 0.872. The van der Waals surface area contributed by atoms with Crippen molar-refractivity contribution >= 4 is 0 Å². The van der Waals surface area contributed by atoms with Crippen molar-refractivity contribution < 1.29 is 0 Å². The van der Waals surface area contributed by atoms with E-state index in [1.54, 1.807) is 0 Å². The molecule has 0 atom stereocenters. The van der Waals surface area contributed by atoms with Gasteiger partial charge < -0.3 is 5.32 Å². The molecule has 0 saturated carbocycles. The molecule has 0 unspecified atom stereocenters. The zero-order valence-electron chi connectivity index (χ0n) is 9.02. The molecule has 3 heteroatoms. The first-order valence-corrected chi connectivity index (χ1v) is 4.86.